The van der Waals surface area contributed by atoms with E-state index in [1.54, 1.807) is 11.1 Å². The number of carbonyl (C=O) groups excluding carboxylic acids is 1. The molecule has 26 heavy (non-hydrogen) atoms. The normalized spacial score (nSPS) is 18.4. The molecule has 0 aliphatic carbocycles. The number of rotatable bonds is 6. The zero-order chi connectivity index (χ0) is 19.5. The second-order valence-corrected chi connectivity index (χ2v) is 15.5. The highest BCUT2D eigenvalue weighted by atomic mass is 79.9. The van der Waals surface area contributed by atoms with Gasteiger partial charge in [-0.15, -0.1) is 0 Å². The monoisotopic (exact) mass is 445 g/mol. The fourth-order valence-corrected chi connectivity index (χ4v) is 4.01. The SMILES string of the molecule is CC(C)(C)OC(=O)N1CCCC1c1ncc(Br)n1COCC[Si](C)(C)C. The van der Waals surface area contributed by atoms with Gasteiger partial charge in [0, 0.05) is 21.2 Å². The Kier molecular flexibility index (Phi) is 6.96. The molecule has 1 unspecified atom stereocenters. The molecule has 1 aliphatic rings. The van der Waals surface area contributed by atoms with Gasteiger partial charge in [-0.3, -0.25) is 9.47 Å². The lowest BCUT2D eigenvalue weighted by molar-refractivity contribution is 0.0203. The molecule has 1 aliphatic heterocycles. The van der Waals surface area contributed by atoms with Crippen LogP contribution in [0.1, 0.15) is 45.5 Å². The Morgan fingerprint density at radius 3 is 2.69 bits per heavy atom. The summed E-state index contributed by atoms with van der Waals surface area (Å²) in [6.45, 7) is 14.6. The average molecular weight is 446 g/mol. The van der Waals surface area contributed by atoms with Crippen LogP contribution in [0.2, 0.25) is 25.7 Å². The Bertz CT molecular complexity index is 622. The second kappa shape index (κ2) is 8.44. The van der Waals surface area contributed by atoms with Gasteiger partial charge >= 0.3 is 6.09 Å². The van der Waals surface area contributed by atoms with E-state index in [4.69, 9.17) is 9.47 Å². The second-order valence-electron chi connectivity index (χ2n) is 9.05. The van der Waals surface area contributed by atoms with Crippen LogP contribution in [0.5, 0.6) is 0 Å². The number of ether oxygens (including phenoxy) is 2. The van der Waals surface area contributed by atoms with Crippen molar-refractivity contribution in [3.8, 4) is 0 Å². The Morgan fingerprint density at radius 1 is 1.38 bits per heavy atom. The third kappa shape index (κ3) is 6.09. The third-order valence-corrected chi connectivity index (χ3v) is 6.57. The van der Waals surface area contributed by atoms with Gasteiger partial charge < -0.3 is 9.47 Å². The molecule has 6 nitrogen and oxygen atoms in total. The van der Waals surface area contributed by atoms with Gasteiger partial charge in [0.25, 0.3) is 0 Å². The topological polar surface area (TPSA) is 56.6 Å². The molecule has 1 saturated heterocycles. The first kappa shape index (κ1) is 21.4. The zero-order valence-corrected chi connectivity index (χ0v) is 19.4. The van der Waals surface area contributed by atoms with Gasteiger partial charge in [-0.1, -0.05) is 19.6 Å². The first-order valence-corrected chi connectivity index (χ1v) is 13.8. The van der Waals surface area contributed by atoms with Gasteiger partial charge in [-0.25, -0.2) is 9.78 Å². The minimum absolute atomic E-state index is 0.0725. The van der Waals surface area contributed by atoms with E-state index in [0.717, 1.165) is 35.9 Å². The van der Waals surface area contributed by atoms with E-state index in [-0.39, 0.29) is 12.1 Å². The minimum Gasteiger partial charge on any atom is -0.444 e. The highest BCUT2D eigenvalue weighted by Crippen LogP contribution is 2.33. The zero-order valence-electron chi connectivity index (χ0n) is 16.8. The molecule has 0 bridgehead atoms. The van der Waals surface area contributed by atoms with Gasteiger partial charge in [-0.05, 0) is 55.6 Å². The summed E-state index contributed by atoms with van der Waals surface area (Å²) in [7, 11) is -1.11. The van der Waals surface area contributed by atoms with Gasteiger partial charge in [0.05, 0.1) is 12.2 Å². The van der Waals surface area contributed by atoms with E-state index >= 15 is 0 Å². The highest BCUT2D eigenvalue weighted by molar-refractivity contribution is 9.10. The number of halogens is 1. The van der Waals surface area contributed by atoms with Crippen LogP contribution in [0.3, 0.4) is 0 Å². The summed E-state index contributed by atoms with van der Waals surface area (Å²) in [5.41, 5.74) is -0.500. The van der Waals surface area contributed by atoms with Crippen molar-refractivity contribution in [2.45, 2.75) is 77.7 Å². The summed E-state index contributed by atoms with van der Waals surface area (Å²) >= 11 is 3.56. The van der Waals surface area contributed by atoms with E-state index in [9.17, 15) is 4.79 Å². The van der Waals surface area contributed by atoms with E-state index in [1.165, 1.54) is 0 Å². The van der Waals surface area contributed by atoms with Crippen molar-refractivity contribution in [1.82, 2.24) is 14.5 Å². The van der Waals surface area contributed by atoms with Crippen molar-refractivity contribution in [3.05, 3.63) is 16.6 Å². The third-order valence-electron chi connectivity index (χ3n) is 4.23. The summed E-state index contributed by atoms with van der Waals surface area (Å²) in [5.74, 6) is 0.855. The molecule has 8 heteroatoms. The van der Waals surface area contributed by atoms with Crippen molar-refractivity contribution < 1.29 is 14.3 Å². The van der Waals surface area contributed by atoms with Gasteiger partial charge in [0.15, 0.2) is 0 Å². The molecule has 148 valence electrons. The molecular weight excluding hydrogens is 414 g/mol. The van der Waals surface area contributed by atoms with E-state index < -0.39 is 13.7 Å². The number of hydrogen-bond donors (Lipinski definition) is 0. The Balaban J connectivity index is 2.07. The number of nitrogens with zero attached hydrogens (tertiary/aromatic N) is 3. The number of amides is 1. The first-order valence-electron chi connectivity index (χ1n) is 9.26. The lowest BCUT2D eigenvalue weighted by Crippen LogP contribution is -2.37. The van der Waals surface area contributed by atoms with Crippen LogP contribution < -0.4 is 0 Å². The van der Waals surface area contributed by atoms with E-state index in [1.807, 2.05) is 25.3 Å². The van der Waals surface area contributed by atoms with Crippen LogP contribution >= 0.6 is 15.9 Å². The summed E-state index contributed by atoms with van der Waals surface area (Å²) in [5, 5.41) is 0. The van der Waals surface area contributed by atoms with Crippen molar-refractivity contribution in [1.29, 1.82) is 0 Å². The van der Waals surface area contributed by atoms with Gasteiger partial charge in [-0.2, -0.15) is 0 Å². The molecule has 2 heterocycles. The van der Waals surface area contributed by atoms with Crippen molar-refractivity contribution >= 4 is 30.1 Å². The van der Waals surface area contributed by atoms with Gasteiger partial charge in [0.1, 0.15) is 22.8 Å². The molecular formula is C18H32BrN3O3Si. The minimum atomic E-state index is -1.11. The molecule has 1 aromatic heterocycles. The van der Waals surface area contributed by atoms with Gasteiger partial charge in [0.2, 0.25) is 0 Å². The first-order chi connectivity index (χ1) is 12.0. The van der Waals surface area contributed by atoms with Crippen LogP contribution in [0.25, 0.3) is 0 Å². The summed E-state index contributed by atoms with van der Waals surface area (Å²) < 4.78 is 14.4. The largest absolute Gasteiger partial charge is 0.444 e. The molecule has 0 N–H and O–H groups in total. The maximum absolute atomic E-state index is 12.6. The lowest BCUT2D eigenvalue weighted by Gasteiger charge is -2.28. The number of hydrogen-bond acceptors (Lipinski definition) is 4. The maximum Gasteiger partial charge on any atom is 0.410 e. The fourth-order valence-electron chi connectivity index (χ4n) is 2.87. The molecule has 0 aromatic carbocycles. The number of likely N-dealkylation sites (tertiary alicyclic amines) is 1. The Labute approximate surface area is 166 Å². The smallest absolute Gasteiger partial charge is 0.410 e. The molecule has 1 amide bonds. The average Bonchev–Trinajstić information content (AvgIpc) is 3.07. The van der Waals surface area contributed by atoms with Crippen molar-refractivity contribution in [3.63, 3.8) is 0 Å². The maximum atomic E-state index is 12.6. The van der Waals surface area contributed by atoms with Crippen LogP contribution in [0, 0.1) is 0 Å². The summed E-state index contributed by atoms with van der Waals surface area (Å²) in [6.07, 6.45) is 3.34. The Hall–Kier alpha value is -0.863. The van der Waals surface area contributed by atoms with Crippen LogP contribution in [0.4, 0.5) is 4.79 Å². The molecule has 1 atom stereocenters. The molecule has 0 radical (unpaired) electrons. The molecule has 0 saturated carbocycles. The van der Waals surface area contributed by atoms with Crippen molar-refractivity contribution in [2.75, 3.05) is 13.2 Å². The van der Waals surface area contributed by atoms with Crippen molar-refractivity contribution in [2.24, 2.45) is 0 Å². The highest BCUT2D eigenvalue weighted by Gasteiger charge is 2.36. The number of imidazole rings is 1. The Morgan fingerprint density at radius 2 is 2.08 bits per heavy atom. The fraction of sp³-hybridized carbons (Fsp3) is 0.778. The molecule has 1 fully saturated rings. The van der Waals surface area contributed by atoms with E-state index in [0.29, 0.717) is 13.3 Å². The summed E-state index contributed by atoms with van der Waals surface area (Å²) in [4.78, 5) is 18.9. The van der Waals surface area contributed by atoms with E-state index in [2.05, 4.69) is 40.6 Å². The predicted octanol–water partition coefficient (Wildman–Crippen LogP) is 5.03. The quantitative estimate of drug-likeness (QED) is 0.454. The number of aromatic nitrogens is 2. The number of carbonyl (C=O) groups is 1. The molecule has 0 spiro atoms. The summed E-state index contributed by atoms with van der Waals surface area (Å²) in [6, 6.07) is 1.05. The standard InChI is InChI=1S/C18H32BrN3O3Si/c1-18(2,3)25-17(23)21-9-7-8-14(21)16-20-12-15(19)22(16)13-24-10-11-26(4,5)6/h12,14H,7-11,13H2,1-6H3. The van der Waals surface area contributed by atoms with Crippen LogP contribution in [-0.4, -0.2) is 47.4 Å². The molecule has 1 aromatic rings. The lowest BCUT2D eigenvalue weighted by atomic mass is 10.2. The van der Waals surface area contributed by atoms with Crippen LogP contribution in [-0.2, 0) is 16.2 Å². The molecule has 2 rings (SSSR count). The predicted molar refractivity (Wildman–Crippen MR) is 109 cm³/mol. The van der Waals surface area contributed by atoms with Crippen LogP contribution in [0.15, 0.2) is 10.8 Å².